The second kappa shape index (κ2) is 9.27. The minimum absolute atomic E-state index is 0.00587. The van der Waals surface area contributed by atoms with Crippen molar-refractivity contribution in [3.05, 3.63) is 83.9 Å². The molecule has 3 aromatic rings. The van der Waals surface area contributed by atoms with Crippen molar-refractivity contribution < 1.29 is 9.18 Å². The smallest absolute Gasteiger partial charge is 0.216 e. The third kappa shape index (κ3) is 4.83. The molecule has 0 fully saturated rings. The molecule has 2 aromatic carbocycles. The number of benzene rings is 2. The summed E-state index contributed by atoms with van der Waals surface area (Å²) in [5.74, 6) is -0.495. The van der Waals surface area contributed by atoms with E-state index in [4.69, 9.17) is 0 Å². The van der Waals surface area contributed by atoms with E-state index in [2.05, 4.69) is 48.1 Å². The van der Waals surface area contributed by atoms with Gasteiger partial charge in [0.15, 0.2) is 5.78 Å². The molecule has 0 aliphatic heterocycles. The Labute approximate surface area is 165 Å². The first kappa shape index (κ1) is 19.7. The van der Waals surface area contributed by atoms with Crippen molar-refractivity contribution >= 4 is 11.5 Å². The summed E-state index contributed by atoms with van der Waals surface area (Å²) >= 11 is 0. The number of ketones is 1. The van der Waals surface area contributed by atoms with Gasteiger partial charge in [0.05, 0.1) is 0 Å². The second-order valence-electron chi connectivity index (χ2n) is 6.92. The molecule has 3 nitrogen and oxygen atoms in total. The van der Waals surface area contributed by atoms with E-state index < -0.39 is 5.95 Å². The molecule has 0 saturated heterocycles. The number of anilines is 1. The molecule has 1 aromatic heterocycles. The number of hydrogen-bond acceptors (Lipinski definition) is 3. The fourth-order valence-electron chi connectivity index (χ4n) is 3.22. The van der Waals surface area contributed by atoms with E-state index in [1.807, 2.05) is 24.3 Å². The molecule has 0 aliphatic carbocycles. The van der Waals surface area contributed by atoms with Crippen molar-refractivity contribution in [1.29, 1.82) is 0 Å². The third-order valence-corrected chi connectivity index (χ3v) is 4.87. The van der Waals surface area contributed by atoms with Gasteiger partial charge in [0.2, 0.25) is 5.95 Å². The maximum atomic E-state index is 13.6. The van der Waals surface area contributed by atoms with E-state index in [-0.39, 0.29) is 12.2 Å². The molecule has 0 saturated carbocycles. The molecule has 144 valence electrons. The number of aromatic nitrogens is 1. The lowest BCUT2D eigenvalue weighted by Crippen LogP contribution is -2.17. The van der Waals surface area contributed by atoms with E-state index in [0.29, 0.717) is 17.5 Å². The number of pyridine rings is 1. The molecule has 0 aliphatic rings. The Morgan fingerprint density at radius 1 is 1.00 bits per heavy atom. The van der Waals surface area contributed by atoms with Crippen molar-refractivity contribution in [2.45, 2.75) is 26.2 Å². The van der Waals surface area contributed by atoms with Gasteiger partial charge in [-0.2, -0.15) is 4.39 Å². The van der Waals surface area contributed by atoms with E-state index in [1.165, 1.54) is 11.9 Å². The number of carbonyl (C=O) groups is 1. The molecule has 4 heteroatoms. The van der Waals surface area contributed by atoms with E-state index >= 15 is 0 Å². The first-order chi connectivity index (χ1) is 13.6. The molecular formula is C24H25FN2O. The van der Waals surface area contributed by atoms with Crippen LogP contribution in [0.15, 0.2) is 66.9 Å². The molecule has 0 radical (unpaired) electrons. The van der Waals surface area contributed by atoms with Gasteiger partial charge in [-0.05, 0) is 42.2 Å². The summed E-state index contributed by atoms with van der Waals surface area (Å²) in [5.41, 5.74) is 4.50. The fourth-order valence-corrected chi connectivity index (χ4v) is 3.22. The lowest BCUT2D eigenvalue weighted by Gasteiger charge is -2.18. The first-order valence-electron chi connectivity index (χ1n) is 9.62. The lowest BCUT2D eigenvalue weighted by atomic mass is 9.99. The summed E-state index contributed by atoms with van der Waals surface area (Å²) in [6.07, 6.45) is 3.14. The van der Waals surface area contributed by atoms with Crippen LogP contribution in [0.3, 0.4) is 0 Å². The maximum Gasteiger partial charge on any atom is 0.216 e. The Kier molecular flexibility index (Phi) is 6.53. The van der Waals surface area contributed by atoms with Gasteiger partial charge in [-0.15, -0.1) is 0 Å². The summed E-state index contributed by atoms with van der Waals surface area (Å²) < 4.78 is 13.6. The van der Waals surface area contributed by atoms with Crippen LogP contribution in [0.1, 0.15) is 35.7 Å². The molecule has 28 heavy (non-hydrogen) atoms. The minimum atomic E-state index is -0.501. The van der Waals surface area contributed by atoms with Crippen LogP contribution in [0.2, 0.25) is 0 Å². The SMILES string of the molecule is CCCN(C)c1ccc(-c2ccc(C(=O)CCc3cccnc3F)cc2)cc1. The van der Waals surface area contributed by atoms with Crippen LogP contribution in [0.5, 0.6) is 0 Å². The Morgan fingerprint density at radius 3 is 2.25 bits per heavy atom. The second-order valence-corrected chi connectivity index (χ2v) is 6.92. The summed E-state index contributed by atoms with van der Waals surface area (Å²) in [6, 6.07) is 19.4. The van der Waals surface area contributed by atoms with Gasteiger partial charge in [-0.3, -0.25) is 4.79 Å². The number of carbonyl (C=O) groups excluding carboxylic acids is 1. The summed E-state index contributed by atoms with van der Waals surface area (Å²) in [7, 11) is 2.09. The predicted octanol–water partition coefficient (Wildman–Crippen LogP) is 5.55. The molecular weight excluding hydrogens is 351 g/mol. The molecule has 1 heterocycles. The zero-order chi connectivity index (χ0) is 19.9. The molecule has 0 amide bonds. The van der Waals surface area contributed by atoms with Crippen LogP contribution in [-0.4, -0.2) is 24.4 Å². The van der Waals surface area contributed by atoms with Crippen molar-refractivity contribution in [3.63, 3.8) is 0 Å². The summed E-state index contributed by atoms with van der Waals surface area (Å²) in [6.45, 7) is 3.19. The first-order valence-corrected chi connectivity index (χ1v) is 9.62. The van der Waals surface area contributed by atoms with Crippen LogP contribution >= 0.6 is 0 Å². The quantitative estimate of drug-likeness (QED) is 0.382. The van der Waals surface area contributed by atoms with Gasteiger partial charge in [0, 0.05) is 43.0 Å². The molecule has 0 atom stereocenters. The number of hydrogen-bond donors (Lipinski definition) is 0. The highest BCUT2D eigenvalue weighted by molar-refractivity contribution is 5.96. The van der Waals surface area contributed by atoms with Gasteiger partial charge < -0.3 is 4.90 Å². The van der Waals surface area contributed by atoms with Gasteiger partial charge in [-0.25, -0.2) is 4.98 Å². The van der Waals surface area contributed by atoms with Crippen molar-refractivity contribution in [3.8, 4) is 11.1 Å². The van der Waals surface area contributed by atoms with Crippen LogP contribution in [0, 0.1) is 5.95 Å². The van der Waals surface area contributed by atoms with E-state index in [9.17, 15) is 9.18 Å². The lowest BCUT2D eigenvalue weighted by molar-refractivity contribution is 0.0982. The van der Waals surface area contributed by atoms with Crippen molar-refractivity contribution in [1.82, 2.24) is 4.98 Å². The number of aryl methyl sites for hydroxylation is 1. The van der Waals surface area contributed by atoms with Gasteiger partial charge >= 0.3 is 0 Å². The van der Waals surface area contributed by atoms with Gasteiger partial charge in [0.25, 0.3) is 0 Å². The Morgan fingerprint density at radius 2 is 1.64 bits per heavy atom. The molecule has 0 N–H and O–H groups in total. The monoisotopic (exact) mass is 376 g/mol. The standard InChI is InChI=1S/C24H25FN2O/c1-3-17-27(2)22-13-10-19(11-14-22)18-6-8-20(9-7-18)23(28)15-12-21-5-4-16-26-24(21)25/h4-11,13-14,16H,3,12,15,17H2,1-2H3. The van der Waals surface area contributed by atoms with Crippen molar-refractivity contribution in [2.75, 3.05) is 18.5 Å². The summed E-state index contributed by atoms with van der Waals surface area (Å²) in [4.78, 5) is 18.3. The average molecular weight is 376 g/mol. The van der Waals surface area contributed by atoms with E-state index in [1.54, 1.807) is 12.1 Å². The van der Waals surface area contributed by atoms with Gasteiger partial charge in [0.1, 0.15) is 0 Å². The topological polar surface area (TPSA) is 33.2 Å². The Hall–Kier alpha value is -3.01. The van der Waals surface area contributed by atoms with Crippen LogP contribution in [0.4, 0.5) is 10.1 Å². The zero-order valence-electron chi connectivity index (χ0n) is 16.4. The average Bonchev–Trinajstić information content (AvgIpc) is 2.73. The highest BCUT2D eigenvalue weighted by Gasteiger charge is 2.09. The largest absolute Gasteiger partial charge is 0.375 e. The number of rotatable bonds is 8. The van der Waals surface area contributed by atoms with Gasteiger partial charge in [-0.1, -0.05) is 49.4 Å². The van der Waals surface area contributed by atoms with Crippen LogP contribution < -0.4 is 4.90 Å². The number of Topliss-reactive ketones (excluding diaryl/α,β-unsaturated/α-hetero) is 1. The minimum Gasteiger partial charge on any atom is -0.375 e. The Bertz CT molecular complexity index is 920. The van der Waals surface area contributed by atoms with Crippen molar-refractivity contribution in [2.24, 2.45) is 0 Å². The molecule has 0 bridgehead atoms. The third-order valence-electron chi connectivity index (χ3n) is 4.87. The molecule has 3 rings (SSSR count). The molecule has 0 unspecified atom stereocenters. The normalized spacial score (nSPS) is 10.7. The highest BCUT2D eigenvalue weighted by atomic mass is 19.1. The fraction of sp³-hybridized carbons (Fsp3) is 0.250. The predicted molar refractivity (Wildman–Crippen MR) is 112 cm³/mol. The highest BCUT2D eigenvalue weighted by Crippen LogP contribution is 2.24. The Balaban J connectivity index is 1.64. The molecule has 0 spiro atoms. The van der Waals surface area contributed by atoms with Crippen LogP contribution in [-0.2, 0) is 6.42 Å². The maximum absolute atomic E-state index is 13.6. The van der Waals surface area contributed by atoms with Crippen LogP contribution in [0.25, 0.3) is 11.1 Å². The summed E-state index contributed by atoms with van der Waals surface area (Å²) in [5, 5.41) is 0. The van der Waals surface area contributed by atoms with E-state index in [0.717, 1.165) is 24.1 Å². The zero-order valence-corrected chi connectivity index (χ0v) is 16.4. The number of nitrogens with zero attached hydrogens (tertiary/aromatic N) is 2. The number of halogens is 1.